The summed E-state index contributed by atoms with van der Waals surface area (Å²) < 4.78 is 18.2. The number of halogens is 1. The molecule has 3 rings (SSSR count). The number of amides is 1. The van der Waals surface area contributed by atoms with Crippen LogP contribution in [0.5, 0.6) is 5.75 Å². The molecular weight excluding hydrogens is 273 g/mol. The number of ether oxygens (including phenoxy) is 1. The molecule has 1 atom stereocenters. The summed E-state index contributed by atoms with van der Waals surface area (Å²) in [5, 5.41) is 9.86. The fourth-order valence-electron chi connectivity index (χ4n) is 3.23. The van der Waals surface area contributed by atoms with Crippen LogP contribution in [-0.2, 0) is 4.79 Å². The standard InChI is InChI=1S/C16H20FNO3/c17-12-1-3-13(4-2-12)21-11-15(20)18-9-7-16(8-10-18)6-5-14(16)19/h1-4,14,19H,5-11H2. The largest absolute Gasteiger partial charge is 0.484 e. The van der Waals surface area contributed by atoms with E-state index in [-0.39, 0.29) is 29.9 Å². The fourth-order valence-corrected chi connectivity index (χ4v) is 3.23. The molecule has 1 unspecified atom stereocenters. The number of rotatable bonds is 3. The number of carbonyl (C=O) groups excluding carboxylic acids is 1. The Hall–Kier alpha value is -1.62. The highest BCUT2D eigenvalue weighted by Crippen LogP contribution is 2.48. The molecule has 0 aromatic heterocycles. The van der Waals surface area contributed by atoms with Gasteiger partial charge in [-0.1, -0.05) is 0 Å². The van der Waals surface area contributed by atoms with Gasteiger partial charge in [0.15, 0.2) is 6.61 Å². The van der Waals surface area contributed by atoms with Gasteiger partial charge in [-0.3, -0.25) is 4.79 Å². The van der Waals surface area contributed by atoms with Gasteiger partial charge in [-0.25, -0.2) is 4.39 Å². The number of aliphatic hydroxyl groups excluding tert-OH is 1. The molecule has 0 radical (unpaired) electrons. The lowest BCUT2D eigenvalue weighted by Crippen LogP contribution is -2.53. The van der Waals surface area contributed by atoms with Crippen molar-refractivity contribution in [3.8, 4) is 5.75 Å². The van der Waals surface area contributed by atoms with Crippen molar-refractivity contribution in [3.63, 3.8) is 0 Å². The molecule has 1 N–H and O–H groups in total. The predicted octanol–water partition coefficient (Wildman–Crippen LogP) is 1.97. The molecule has 1 heterocycles. The third-order valence-electron chi connectivity index (χ3n) is 4.91. The average Bonchev–Trinajstić information content (AvgIpc) is 2.52. The highest BCUT2D eigenvalue weighted by molar-refractivity contribution is 5.77. The maximum Gasteiger partial charge on any atom is 0.260 e. The Morgan fingerprint density at radius 2 is 1.95 bits per heavy atom. The zero-order valence-corrected chi connectivity index (χ0v) is 11.9. The van der Waals surface area contributed by atoms with Crippen molar-refractivity contribution < 1.29 is 19.0 Å². The molecule has 21 heavy (non-hydrogen) atoms. The summed E-state index contributed by atoms with van der Waals surface area (Å²) in [6.07, 6.45) is 3.52. The van der Waals surface area contributed by atoms with Crippen molar-refractivity contribution in [2.75, 3.05) is 19.7 Å². The minimum atomic E-state index is -0.325. The Bertz CT molecular complexity index is 509. The van der Waals surface area contributed by atoms with Crippen LogP contribution < -0.4 is 4.74 Å². The maximum atomic E-state index is 12.8. The van der Waals surface area contributed by atoms with Crippen LogP contribution in [0.4, 0.5) is 4.39 Å². The van der Waals surface area contributed by atoms with Crippen LogP contribution in [0.2, 0.25) is 0 Å². The second kappa shape index (κ2) is 5.64. The van der Waals surface area contributed by atoms with E-state index in [0.29, 0.717) is 18.8 Å². The number of likely N-dealkylation sites (tertiary alicyclic amines) is 1. The van der Waals surface area contributed by atoms with E-state index in [1.54, 1.807) is 4.90 Å². The monoisotopic (exact) mass is 293 g/mol. The summed E-state index contributed by atoms with van der Waals surface area (Å²) in [6.45, 7) is 1.34. The molecule has 1 aliphatic heterocycles. The van der Waals surface area contributed by atoms with E-state index >= 15 is 0 Å². The van der Waals surface area contributed by atoms with Crippen LogP contribution in [0, 0.1) is 11.2 Å². The van der Waals surface area contributed by atoms with Crippen molar-refractivity contribution in [3.05, 3.63) is 30.1 Å². The van der Waals surface area contributed by atoms with E-state index < -0.39 is 0 Å². The van der Waals surface area contributed by atoms with Crippen LogP contribution in [0.25, 0.3) is 0 Å². The number of nitrogens with zero attached hydrogens (tertiary/aromatic N) is 1. The third kappa shape index (κ3) is 2.88. The summed E-state index contributed by atoms with van der Waals surface area (Å²) >= 11 is 0. The van der Waals surface area contributed by atoms with Crippen LogP contribution in [-0.4, -0.2) is 41.7 Å². The molecule has 1 aromatic rings. The summed E-state index contributed by atoms with van der Waals surface area (Å²) in [4.78, 5) is 13.9. The van der Waals surface area contributed by atoms with Crippen LogP contribution in [0.3, 0.4) is 0 Å². The van der Waals surface area contributed by atoms with Gasteiger partial charge >= 0.3 is 0 Å². The van der Waals surface area contributed by atoms with Crippen molar-refractivity contribution in [1.29, 1.82) is 0 Å². The first-order chi connectivity index (χ1) is 10.1. The molecule has 1 saturated carbocycles. The van der Waals surface area contributed by atoms with Gasteiger partial charge in [-0.05, 0) is 55.4 Å². The van der Waals surface area contributed by atoms with Crippen molar-refractivity contribution in [2.24, 2.45) is 5.41 Å². The Morgan fingerprint density at radius 3 is 2.48 bits per heavy atom. The molecule has 1 amide bonds. The van der Waals surface area contributed by atoms with E-state index in [2.05, 4.69) is 0 Å². The number of piperidine rings is 1. The second-order valence-electron chi connectivity index (χ2n) is 6.04. The Balaban J connectivity index is 1.47. The summed E-state index contributed by atoms with van der Waals surface area (Å²) in [5.41, 5.74) is 0.0641. The highest BCUT2D eigenvalue weighted by atomic mass is 19.1. The van der Waals surface area contributed by atoms with E-state index in [1.807, 2.05) is 0 Å². The van der Waals surface area contributed by atoms with E-state index in [0.717, 1.165) is 25.7 Å². The SMILES string of the molecule is O=C(COc1ccc(F)cc1)N1CCC2(CCC2O)CC1. The average molecular weight is 293 g/mol. The van der Waals surface area contributed by atoms with Gasteiger partial charge in [0.2, 0.25) is 0 Å². The van der Waals surface area contributed by atoms with Crippen LogP contribution in [0.1, 0.15) is 25.7 Å². The molecule has 2 fully saturated rings. The van der Waals surface area contributed by atoms with Gasteiger partial charge in [0, 0.05) is 13.1 Å². The zero-order valence-electron chi connectivity index (χ0n) is 11.9. The second-order valence-corrected chi connectivity index (χ2v) is 6.04. The summed E-state index contributed by atoms with van der Waals surface area (Å²) in [5.74, 6) is 0.115. The molecular formula is C16H20FNO3. The Kier molecular flexibility index (Phi) is 3.85. The first-order valence-corrected chi connectivity index (χ1v) is 7.43. The van der Waals surface area contributed by atoms with Crippen LogP contribution >= 0.6 is 0 Å². The molecule has 0 bridgehead atoms. The normalized spacial score (nSPS) is 23.7. The number of hydrogen-bond donors (Lipinski definition) is 1. The molecule has 1 aromatic carbocycles. The number of hydrogen-bond acceptors (Lipinski definition) is 3. The number of benzene rings is 1. The van der Waals surface area contributed by atoms with Gasteiger partial charge < -0.3 is 14.7 Å². The minimum absolute atomic E-state index is 0.0266. The highest BCUT2D eigenvalue weighted by Gasteiger charge is 2.47. The lowest BCUT2D eigenvalue weighted by atomic mass is 9.61. The van der Waals surface area contributed by atoms with Crippen molar-refractivity contribution in [2.45, 2.75) is 31.8 Å². The quantitative estimate of drug-likeness (QED) is 0.927. The minimum Gasteiger partial charge on any atom is -0.484 e. The van der Waals surface area contributed by atoms with Crippen molar-refractivity contribution >= 4 is 5.91 Å². The Morgan fingerprint density at radius 1 is 1.29 bits per heavy atom. The number of aliphatic hydroxyl groups is 1. The van der Waals surface area contributed by atoms with Gasteiger partial charge in [0.25, 0.3) is 5.91 Å². The predicted molar refractivity (Wildman–Crippen MR) is 75.4 cm³/mol. The smallest absolute Gasteiger partial charge is 0.260 e. The van der Waals surface area contributed by atoms with Gasteiger partial charge in [-0.15, -0.1) is 0 Å². The van der Waals surface area contributed by atoms with Crippen LogP contribution in [0.15, 0.2) is 24.3 Å². The van der Waals surface area contributed by atoms with Gasteiger partial charge in [-0.2, -0.15) is 0 Å². The maximum absolute atomic E-state index is 12.8. The zero-order chi connectivity index (χ0) is 14.9. The van der Waals surface area contributed by atoms with Gasteiger partial charge in [0.1, 0.15) is 11.6 Å². The first-order valence-electron chi connectivity index (χ1n) is 7.43. The number of carbonyl (C=O) groups is 1. The molecule has 5 heteroatoms. The summed E-state index contributed by atoms with van der Waals surface area (Å²) in [7, 11) is 0. The Labute approximate surface area is 123 Å². The lowest BCUT2D eigenvalue weighted by molar-refractivity contribution is -0.143. The molecule has 114 valence electrons. The van der Waals surface area contributed by atoms with Crippen molar-refractivity contribution in [1.82, 2.24) is 4.90 Å². The molecule has 1 spiro atoms. The molecule has 2 aliphatic rings. The molecule has 1 aliphatic carbocycles. The first kappa shape index (κ1) is 14.3. The van der Waals surface area contributed by atoms with Gasteiger partial charge in [0.05, 0.1) is 6.10 Å². The topological polar surface area (TPSA) is 49.8 Å². The third-order valence-corrected chi connectivity index (χ3v) is 4.91. The van der Waals surface area contributed by atoms with E-state index in [9.17, 15) is 14.3 Å². The van der Waals surface area contributed by atoms with E-state index in [1.165, 1.54) is 24.3 Å². The van der Waals surface area contributed by atoms with E-state index in [4.69, 9.17) is 4.74 Å². The lowest BCUT2D eigenvalue weighted by Gasteiger charge is -2.51. The molecule has 1 saturated heterocycles. The molecule has 4 nitrogen and oxygen atoms in total. The fraction of sp³-hybridized carbons (Fsp3) is 0.562. The summed E-state index contributed by atoms with van der Waals surface area (Å²) in [6, 6.07) is 5.64.